The highest BCUT2D eigenvalue weighted by atomic mass is 32.2. The molecule has 264 valence electrons. The zero-order valence-electron chi connectivity index (χ0n) is 28.9. The summed E-state index contributed by atoms with van der Waals surface area (Å²) >= 11 is 0. The lowest BCUT2D eigenvalue weighted by Crippen LogP contribution is -2.49. The van der Waals surface area contributed by atoms with Crippen LogP contribution in [0.2, 0.25) is 0 Å². The predicted molar refractivity (Wildman–Crippen MR) is 185 cm³/mol. The number of carbonyl (C=O) groups excluding carboxylic acids is 4. The van der Waals surface area contributed by atoms with E-state index in [1.54, 1.807) is 24.3 Å². The molecule has 3 saturated carbocycles. The second-order valence-electron chi connectivity index (χ2n) is 15.6. The van der Waals surface area contributed by atoms with E-state index in [4.69, 9.17) is 4.74 Å². The van der Waals surface area contributed by atoms with Crippen LogP contribution in [0, 0.1) is 28.6 Å². The van der Waals surface area contributed by atoms with Crippen LogP contribution in [-0.2, 0) is 33.9 Å². The number of allylic oxidation sites excluding steroid dienone is 1. The summed E-state index contributed by atoms with van der Waals surface area (Å²) in [5, 5.41) is 4.32. The number of ketones is 1. The maximum atomic E-state index is 14.6. The first-order chi connectivity index (χ1) is 23.2. The molecule has 6 rings (SSSR count). The Morgan fingerprint density at radius 3 is 2.39 bits per heavy atom. The van der Waals surface area contributed by atoms with Crippen molar-refractivity contribution in [3.8, 4) is 0 Å². The number of fused-ring (bicyclic) bond motifs is 1. The lowest BCUT2D eigenvalue weighted by molar-refractivity contribution is -0.156. The molecule has 10 nitrogen and oxygen atoms in total. The van der Waals surface area contributed by atoms with E-state index < -0.39 is 44.7 Å². The number of ether oxygens (including phenoxy) is 1. The highest BCUT2D eigenvalue weighted by Gasteiger charge is 2.60. The van der Waals surface area contributed by atoms with Crippen LogP contribution in [0.15, 0.2) is 60.0 Å². The number of rotatable bonds is 13. The first-order valence-electron chi connectivity index (χ1n) is 17.7. The molecule has 2 amide bonds. The lowest BCUT2D eigenvalue weighted by Gasteiger charge is -2.34. The standard InChI is InChI=1S/C38H49N3O7S/c1-5-27-20-38(27,36(45)39-22-25-17-18-25)21-32(42)31-23-40(49(46,47)33-16-10-12-26-11-6-9-15-29(26)33)24-41(31)35(44)30(37(2,3)4)19-34(43)48-28-13-7-8-14-28/h5-6,9-12,15-16,25,27-28,30-31H,1,7-8,13-14,17-24H2,2-4H3,(H,39,45)/t27-,30-,31+,38-/m1/s1. The molecule has 0 unspecified atom stereocenters. The highest BCUT2D eigenvalue weighted by Crippen LogP contribution is 2.57. The van der Waals surface area contributed by atoms with Gasteiger partial charge in [0.05, 0.1) is 29.3 Å². The number of esters is 1. The molecule has 1 N–H and O–H groups in total. The van der Waals surface area contributed by atoms with Crippen LogP contribution in [0.1, 0.15) is 78.6 Å². The largest absolute Gasteiger partial charge is 0.462 e. The molecular weight excluding hydrogens is 642 g/mol. The summed E-state index contributed by atoms with van der Waals surface area (Å²) in [5.74, 6) is -2.12. The maximum Gasteiger partial charge on any atom is 0.306 e. The van der Waals surface area contributed by atoms with Crippen molar-refractivity contribution >= 4 is 44.4 Å². The van der Waals surface area contributed by atoms with Crippen LogP contribution < -0.4 is 5.32 Å². The second-order valence-corrected chi connectivity index (χ2v) is 17.5. The SMILES string of the molecule is C=C[C@@H]1C[C@]1(CC(=O)[C@@H]1CN(S(=O)(=O)c2cccc3ccccc23)CN1C(=O)[C@@H](CC(=O)OC1CCCC1)C(C)(C)C)C(=O)NCC1CC1. The fourth-order valence-corrected chi connectivity index (χ4v) is 9.18. The Labute approximate surface area is 289 Å². The van der Waals surface area contributed by atoms with E-state index in [1.807, 2.05) is 39.0 Å². The monoisotopic (exact) mass is 691 g/mol. The van der Waals surface area contributed by atoms with Gasteiger partial charge in [-0.1, -0.05) is 63.2 Å². The molecule has 2 aromatic rings. The Balaban J connectivity index is 1.30. The molecule has 4 aliphatic rings. The molecule has 1 aliphatic heterocycles. The van der Waals surface area contributed by atoms with Gasteiger partial charge in [-0.05, 0) is 73.6 Å². The number of hydrogen-bond donors (Lipinski definition) is 1. The predicted octanol–water partition coefficient (Wildman–Crippen LogP) is 5.21. The highest BCUT2D eigenvalue weighted by molar-refractivity contribution is 7.89. The van der Waals surface area contributed by atoms with Crippen molar-refractivity contribution in [2.75, 3.05) is 19.8 Å². The Kier molecular flexibility index (Phi) is 9.80. The van der Waals surface area contributed by atoms with E-state index in [-0.39, 0.29) is 54.7 Å². The summed E-state index contributed by atoms with van der Waals surface area (Å²) < 4.78 is 35.5. The van der Waals surface area contributed by atoms with Gasteiger partial charge < -0.3 is 15.0 Å². The topological polar surface area (TPSA) is 130 Å². The van der Waals surface area contributed by atoms with E-state index in [1.165, 1.54) is 15.3 Å². The summed E-state index contributed by atoms with van der Waals surface area (Å²) in [4.78, 5) is 57.0. The molecule has 1 saturated heterocycles. The number of benzene rings is 2. The second kappa shape index (κ2) is 13.6. The summed E-state index contributed by atoms with van der Waals surface area (Å²) in [6.45, 7) is 9.41. The molecule has 0 bridgehead atoms. The molecule has 1 heterocycles. The Hall–Kier alpha value is -3.57. The number of amides is 2. The van der Waals surface area contributed by atoms with Gasteiger partial charge in [0.1, 0.15) is 12.1 Å². The number of nitrogens with zero attached hydrogens (tertiary/aromatic N) is 2. The third-order valence-corrected chi connectivity index (χ3v) is 12.9. The van der Waals surface area contributed by atoms with Crippen molar-refractivity contribution in [3.63, 3.8) is 0 Å². The van der Waals surface area contributed by atoms with Crippen LogP contribution in [0.5, 0.6) is 0 Å². The zero-order valence-corrected chi connectivity index (χ0v) is 29.7. The lowest BCUT2D eigenvalue weighted by atomic mass is 9.77. The van der Waals surface area contributed by atoms with Gasteiger partial charge in [-0.3, -0.25) is 19.2 Å². The minimum Gasteiger partial charge on any atom is -0.462 e. The third kappa shape index (κ3) is 7.33. The van der Waals surface area contributed by atoms with Crippen molar-refractivity contribution < 1.29 is 32.3 Å². The number of carbonyl (C=O) groups is 4. The first-order valence-corrected chi connectivity index (χ1v) is 19.1. The van der Waals surface area contributed by atoms with E-state index in [9.17, 15) is 27.6 Å². The van der Waals surface area contributed by atoms with Crippen LogP contribution >= 0.6 is 0 Å². The van der Waals surface area contributed by atoms with Gasteiger partial charge in [0.15, 0.2) is 5.78 Å². The van der Waals surface area contributed by atoms with Crippen LogP contribution in [-0.4, -0.2) is 73.1 Å². The third-order valence-electron chi connectivity index (χ3n) is 11.0. The molecule has 0 spiro atoms. The van der Waals surface area contributed by atoms with E-state index in [0.29, 0.717) is 24.3 Å². The Morgan fingerprint density at radius 2 is 1.73 bits per heavy atom. The molecule has 4 fully saturated rings. The number of hydrogen-bond acceptors (Lipinski definition) is 7. The fraction of sp³-hybridized carbons (Fsp3) is 0.579. The first kappa shape index (κ1) is 35.3. The normalized spacial score (nSPS) is 25.2. The van der Waals surface area contributed by atoms with Crippen LogP contribution in [0.3, 0.4) is 0 Å². The van der Waals surface area contributed by atoms with E-state index in [2.05, 4.69) is 11.9 Å². The quantitative estimate of drug-likeness (QED) is 0.225. The summed E-state index contributed by atoms with van der Waals surface area (Å²) in [7, 11) is -4.17. The Morgan fingerprint density at radius 1 is 1.04 bits per heavy atom. The molecule has 49 heavy (non-hydrogen) atoms. The summed E-state index contributed by atoms with van der Waals surface area (Å²) in [6, 6.07) is 11.1. The van der Waals surface area contributed by atoms with E-state index >= 15 is 0 Å². The van der Waals surface area contributed by atoms with Crippen molar-refractivity contribution in [3.05, 3.63) is 55.1 Å². The van der Waals surface area contributed by atoms with Crippen molar-refractivity contribution in [1.82, 2.24) is 14.5 Å². The molecule has 4 atom stereocenters. The Bertz CT molecular complexity index is 1740. The molecular formula is C38H49N3O7S. The van der Waals surface area contributed by atoms with Crippen molar-refractivity contribution in [2.45, 2.75) is 95.6 Å². The van der Waals surface area contributed by atoms with Gasteiger partial charge in [0, 0.05) is 24.9 Å². The molecule has 2 aromatic carbocycles. The average molecular weight is 692 g/mol. The molecule has 0 radical (unpaired) electrons. The van der Waals surface area contributed by atoms with Gasteiger partial charge >= 0.3 is 5.97 Å². The van der Waals surface area contributed by atoms with Crippen LogP contribution in [0.4, 0.5) is 0 Å². The minimum atomic E-state index is -4.17. The number of sulfonamides is 1. The van der Waals surface area contributed by atoms with Gasteiger partial charge in [0.2, 0.25) is 21.8 Å². The maximum absolute atomic E-state index is 14.6. The molecule has 11 heteroatoms. The van der Waals surface area contributed by atoms with Gasteiger partial charge in [-0.25, -0.2) is 8.42 Å². The fourth-order valence-electron chi connectivity index (χ4n) is 7.57. The number of nitrogens with one attached hydrogen (secondary N) is 1. The summed E-state index contributed by atoms with van der Waals surface area (Å²) in [5.41, 5.74) is -1.67. The van der Waals surface area contributed by atoms with Gasteiger partial charge in [-0.15, -0.1) is 6.58 Å². The molecule has 0 aromatic heterocycles. The molecule has 3 aliphatic carbocycles. The van der Waals surface area contributed by atoms with Crippen molar-refractivity contribution in [1.29, 1.82) is 0 Å². The summed E-state index contributed by atoms with van der Waals surface area (Å²) in [6.07, 6.45) is 7.40. The minimum absolute atomic E-state index is 0.0865. The number of Topliss-reactive ketones (excluding diaryl/α,β-unsaturated/α-hetero) is 1. The van der Waals surface area contributed by atoms with Gasteiger partial charge in [0.25, 0.3) is 0 Å². The zero-order chi connectivity index (χ0) is 35.1. The van der Waals surface area contributed by atoms with Gasteiger partial charge in [-0.2, -0.15) is 4.31 Å². The average Bonchev–Trinajstić information content (AvgIpc) is 3.91. The van der Waals surface area contributed by atoms with Crippen molar-refractivity contribution in [2.24, 2.45) is 28.6 Å². The van der Waals surface area contributed by atoms with Crippen LogP contribution in [0.25, 0.3) is 10.8 Å². The smallest absolute Gasteiger partial charge is 0.306 e. The van der Waals surface area contributed by atoms with E-state index in [0.717, 1.165) is 43.9 Å².